The maximum atomic E-state index is 6.04. The highest BCUT2D eigenvalue weighted by Gasteiger charge is 2.28. The number of benzene rings is 1. The lowest BCUT2D eigenvalue weighted by Crippen LogP contribution is -2.39. The average Bonchev–Trinajstić information content (AvgIpc) is 3.16. The molecule has 0 radical (unpaired) electrons. The number of nitrogens with one attached hydrogen (secondary N) is 1. The number of fused-ring (bicyclic) bond motifs is 1. The van der Waals surface area contributed by atoms with E-state index in [4.69, 9.17) is 9.15 Å². The van der Waals surface area contributed by atoms with Gasteiger partial charge in [-0.2, -0.15) is 5.10 Å². The summed E-state index contributed by atoms with van der Waals surface area (Å²) in [6.07, 6.45) is 6.20. The van der Waals surface area contributed by atoms with E-state index in [0.717, 1.165) is 42.9 Å². The van der Waals surface area contributed by atoms with Gasteiger partial charge in [0.25, 0.3) is 0 Å². The number of aromatic nitrogens is 2. The van der Waals surface area contributed by atoms with Crippen molar-refractivity contribution in [2.24, 2.45) is 7.05 Å². The van der Waals surface area contributed by atoms with E-state index < -0.39 is 0 Å². The van der Waals surface area contributed by atoms with Crippen LogP contribution in [0.25, 0.3) is 11.0 Å². The average molecular weight is 325 g/mol. The molecule has 0 amide bonds. The lowest BCUT2D eigenvalue weighted by Gasteiger charge is -2.32. The molecule has 1 N–H and O–H groups in total. The first-order chi connectivity index (χ1) is 11.7. The Morgan fingerprint density at radius 1 is 1.33 bits per heavy atom. The molecular formula is C19H23N3O2. The van der Waals surface area contributed by atoms with Gasteiger partial charge in [-0.15, -0.1) is 0 Å². The van der Waals surface area contributed by atoms with Gasteiger partial charge >= 0.3 is 0 Å². The van der Waals surface area contributed by atoms with Gasteiger partial charge in [0.15, 0.2) is 0 Å². The molecule has 24 heavy (non-hydrogen) atoms. The highest BCUT2D eigenvalue weighted by Crippen LogP contribution is 2.30. The van der Waals surface area contributed by atoms with Crippen LogP contribution in [0.2, 0.25) is 0 Å². The fourth-order valence-electron chi connectivity index (χ4n) is 3.58. The first kappa shape index (κ1) is 15.4. The van der Waals surface area contributed by atoms with Gasteiger partial charge in [-0.3, -0.25) is 4.68 Å². The molecule has 3 heterocycles. The summed E-state index contributed by atoms with van der Waals surface area (Å²) in [6.45, 7) is 3.63. The summed E-state index contributed by atoms with van der Waals surface area (Å²) in [4.78, 5) is 0. The summed E-state index contributed by atoms with van der Waals surface area (Å²) in [5.41, 5.74) is 3.33. The molecule has 1 fully saturated rings. The van der Waals surface area contributed by atoms with Gasteiger partial charge < -0.3 is 14.5 Å². The van der Waals surface area contributed by atoms with Crippen LogP contribution in [0.4, 0.5) is 0 Å². The van der Waals surface area contributed by atoms with E-state index in [1.165, 1.54) is 10.9 Å². The highest BCUT2D eigenvalue weighted by atomic mass is 16.5. The van der Waals surface area contributed by atoms with Crippen molar-refractivity contribution in [3.8, 4) is 0 Å². The van der Waals surface area contributed by atoms with E-state index in [1.54, 1.807) is 0 Å². The Morgan fingerprint density at radius 2 is 2.21 bits per heavy atom. The molecule has 4 rings (SSSR count). The Kier molecular flexibility index (Phi) is 4.12. The lowest BCUT2D eigenvalue weighted by molar-refractivity contribution is -0.0112. The molecule has 1 saturated heterocycles. The Bertz CT molecular complexity index is 836. The molecule has 0 saturated carbocycles. The quantitative estimate of drug-likeness (QED) is 0.798. The molecule has 0 aliphatic carbocycles. The number of para-hydroxylation sites is 1. The maximum Gasteiger partial charge on any atom is 0.134 e. The van der Waals surface area contributed by atoms with Crippen molar-refractivity contribution >= 4 is 11.0 Å². The van der Waals surface area contributed by atoms with Crippen molar-refractivity contribution in [2.45, 2.75) is 38.5 Å². The normalized spacial score (nSPS) is 21.4. The number of furan rings is 1. The minimum atomic E-state index is 0.0610. The molecule has 2 atom stereocenters. The van der Waals surface area contributed by atoms with E-state index in [-0.39, 0.29) is 12.1 Å². The van der Waals surface area contributed by atoms with Gasteiger partial charge in [0.2, 0.25) is 0 Å². The smallest absolute Gasteiger partial charge is 0.134 e. The second-order valence-electron chi connectivity index (χ2n) is 6.50. The summed E-state index contributed by atoms with van der Waals surface area (Å²) in [5, 5.41) is 9.17. The zero-order valence-corrected chi connectivity index (χ0v) is 14.2. The molecule has 0 spiro atoms. The molecule has 2 aromatic heterocycles. The van der Waals surface area contributed by atoms with Crippen molar-refractivity contribution in [1.29, 1.82) is 0 Å². The van der Waals surface area contributed by atoms with Gasteiger partial charge in [0.1, 0.15) is 17.4 Å². The van der Waals surface area contributed by atoms with Crippen LogP contribution in [0.3, 0.4) is 0 Å². The molecule has 5 heteroatoms. The van der Waals surface area contributed by atoms with E-state index in [0.29, 0.717) is 0 Å². The SMILES string of the molecule is Cc1oc2ccccc2c1CN[C@H]1CCCO[C@@H]1c1cnn(C)c1. The van der Waals surface area contributed by atoms with Crippen LogP contribution in [0.1, 0.15) is 35.8 Å². The number of ether oxygens (including phenoxy) is 1. The predicted octanol–water partition coefficient (Wildman–Crippen LogP) is 3.48. The van der Waals surface area contributed by atoms with Crippen LogP contribution in [0, 0.1) is 6.92 Å². The third-order valence-electron chi connectivity index (χ3n) is 4.82. The topological polar surface area (TPSA) is 52.2 Å². The molecule has 0 unspecified atom stereocenters. The van der Waals surface area contributed by atoms with Crippen molar-refractivity contribution < 1.29 is 9.15 Å². The third kappa shape index (κ3) is 2.85. The van der Waals surface area contributed by atoms with Gasteiger partial charge in [0, 0.05) is 49.0 Å². The Morgan fingerprint density at radius 3 is 3.04 bits per heavy atom. The molecule has 1 aliphatic rings. The Labute approximate surface area is 141 Å². The summed E-state index contributed by atoms with van der Waals surface area (Å²) in [6, 6.07) is 8.50. The second kappa shape index (κ2) is 6.42. The molecule has 1 aliphatic heterocycles. The summed E-state index contributed by atoms with van der Waals surface area (Å²) >= 11 is 0. The fraction of sp³-hybridized carbons (Fsp3) is 0.421. The van der Waals surface area contributed by atoms with E-state index in [1.807, 2.05) is 43.2 Å². The first-order valence-electron chi connectivity index (χ1n) is 8.53. The molecule has 5 nitrogen and oxygen atoms in total. The van der Waals surface area contributed by atoms with E-state index >= 15 is 0 Å². The summed E-state index contributed by atoms with van der Waals surface area (Å²) < 4.78 is 13.7. The minimum Gasteiger partial charge on any atom is -0.461 e. The van der Waals surface area contributed by atoms with Crippen LogP contribution in [-0.2, 0) is 18.3 Å². The first-order valence-corrected chi connectivity index (χ1v) is 8.53. The third-order valence-corrected chi connectivity index (χ3v) is 4.82. The van der Waals surface area contributed by atoms with Gasteiger partial charge in [-0.25, -0.2) is 0 Å². The lowest BCUT2D eigenvalue weighted by atomic mass is 9.97. The molecule has 1 aromatic carbocycles. The number of aryl methyl sites for hydroxylation is 2. The molecule has 3 aromatic rings. The highest BCUT2D eigenvalue weighted by molar-refractivity contribution is 5.82. The second-order valence-corrected chi connectivity index (χ2v) is 6.50. The van der Waals surface area contributed by atoms with Crippen LogP contribution in [-0.4, -0.2) is 22.4 Å². The van der Waals surface area contributed by atoms with Crippen LogP contribution in [0.5, 0.6) is 0 Å². The zero-order chi connectivity index (χ0) is 16.5. The van der Waals surface area contributed by atoms with Crippen molar-refractivity contribution in [3.05, 3.63) is 53.5 Å². The monoisotopic (exact) mass is 325 g/mol. The molecule has 0 bridgehead atoms. The fourth-order valence-corrected chi connectivity index (χ4v) is 3.58. The van der Waals surface area contributed by atoms with Crippen LogP contribution >= 0.6 is 0 Å². The number of nitrogens with zero attached hydrogens (tertiary/aromatic N) is 2. The zero-order valence-electron chi connectivity index (χ0n) is 14.2. The maximum absolute atomic E-state index is 6.04. The Balaban J connectivity index is 1.53. The van der Waals surface area contributed by atoms with Crippen molar-refractivity contribution in [1.82, 2.24) is 15.1 Å². The van der Waals surface area contributed by atoms with E-state index in [9.17, 15) is 0 Å². The van der Waals surface area contributed by atoms with E-state index in [2.05, 4.69) is 22.5 Å². The molecule has 126 valence electrons. The largest absolute Gasteiger partial charge is 0.461 e. The standard InChI is InChI=1S/C19H23N3O2/c1-13-16(15-6-3-4-8-18(15)24-13)11-20-17-7-5-9-23-19(17)14-10-21-22(2)12-14/h3-4,6,8,10,12,17,19-20H,5,7,9,11H2,1-2H3/t17-,19+/m0/s1. The molecular weight excluding hydrogens is 302 g/mol. The summed E-state index contributed by atoms with van der Waals surface area (Å²) in [7, 11) is 1.94. The number of hydrogen-bond donors (Lipinski definition) is 1. The predicted molar refractivity (Wildman–Crippen MR) is 92.7 cm³/mol. The van der Waals surface area contributed by atoms with Crippen molar-refractivity contribution in [3.63, 3.8) is 0 Å². The Hall–Kier alpha value is -2.11. The van der Waals surface area contributed by atoms with Gasteiger partial charge in [-0.1, -0.05) is 18.2 Å². The number of rotatable bonds is 4. The van der Waals surface area contributed by atoms with Crippen molar-refractivity contribution in [2.75, 3.05) is 6.61 Å². The van der Waals surface area contributed by atoms with Gasteiger partial charge in [-0.05, 0) is 25.8 Å². The number of hydrogen-bond acceptors (Lipinski definition) is 4. The minimum absolute atomic E-state index is 0.0610. The van der Waals surface area contributed by atoms with Crippen LogP contribution < -0.4 is 5.32 Å². The summed E-state index contributed by atoms with van der Waals surface area (Å²) in [5.74, 6) is 0.985. The van der Waals surface area contributed by atoms with Gasteiger partial charge in [0.05, 0.1) is 6.20 Å². The van der Waals surface area contributed by atoms with Crippen LogP contribution in [0.15, 0.2) is 41.1 Å².